The number of nitrogens with one attached hydrogen (secondary N) is 2. The van der Waals surface area contributed by atoms with Gasteiger partial charge in [-0.15, -0.1) is 0 Å². The Hall–Kier alpha value is -2.68. The van der Waals surface area contributed by atoms with Crippen LogP contribution in [0.3, 0.4) is 0 Å². The number of rotatable bonds is 6. The molecule has 0 radical (unpaired) electrons. The molecular formula is C11H15N7O2. The van der Waals surface area contributed by atoms with E-state index >= 15 is 0 Å². The maximum absolute atomic E-state index is 10.8. The Morgan fingerprint density at radius 1 is 1.45 bits per heavy atom. The molecule has 0 saturated carbocycles. The summed E-state index contributed by atoms with van der Waals surface area (Å²) in [6.45, 7) is 3.13. The minimum atomic E-state index is -0.495. The second kappa shape index (κ2) is 5.97. The number of nitrogens with zero attached hydrogens (tertiary/aromatic N) is 4. The Morgan fingerprint density at radius 2 is 2.20 bits per heavy atom. The molecule has 20 heavy (non-hydrogen) atoms. The second-order valence-electron chi connectivity index (χ2n) is 4.20. The van der Waals surface area contributed by atoms with Crippen LogP contribution >= 0.6 is 0 Å². The standard InChI is InChI=1S/C11H15N7O2/c1-8-6-14-17(7-8)3-2-13-10-4-9(18(19)20)5-11(15-10)16-12/h4-7H,2-3,12H2,1H3,(H2,13,15,16). The molecule has 0 amide bonds. The Kier molecular flexibility index (Phi) is 4.11. The number of aryl methyl sites for hydroxylation is 1. The summed E-state index contributed by atoms with van der Waals surface area (Å²) < 4.78 is 1.78. The molecule has 0 fully saturated rings. The molecule has 0 aliphatic carbocycles. The molecule has 2 heterocycles. The maximum Gasteiger partial charge on any atom is 0.276 e. The average Bonchev–Trinajstić information content (AvgIpc) is 2.84. The molecular weight excluding hydrogens is 262 g/mol. The fourth-order valence-corrected chi connectivity index (χ4v) is 1.67. The first-order valence-electron chi connectivity index (χ1n) is 5.94. The largest absolute Gasteiger partial charge is 0.368 e. The van der Waals surface area contributed by atoms with Crippen LogP contribution in [0.2, 0.25) is 0 Å². The first kappa shape index (κ1) is 13.7. The molecule has 0 bridgehead atoms. The zero-order chi connectivity index (χ0) is 14.5. The van der Waals surface area contributed by atoms with E-state index in [-0.39, 0.29) is 11.5 Å². The third-order valence-corrected chi connectivity index (χ3v) is 2.58. The summed E-state index contributed by atoms with van der Waals surface area (Å²) in [6.07, 6.45) is 3.68. The molecule has 0 aliphatic heterocycles. The minimum Gasteiger partial charge on any atom is -0.368 e. The van der Waals surface area contributed by atoms with Crippen molar-refractivity contribution in [2.45, 2.75) is 13.5 Å². The fraction of sp³-hybridized carbons (Fsp3) is 0.273. The molecule has 9 nitrogen and oxygen atoms in total. The quantitative estimate of drug-likeness (QED) is 0.407. The number of aromatic nitrogens is 3. The van der Waals surface area contributed by atoms with Crippen LogP contribution in [0.1, 0.15) is 5.56 Å². The van der Waals surface area contributed by atoms with Gasteiger partial charge in [0.15, 0.2) is 0 Å². The Morgan fingerprint density at radius 3 is 2.80 bits per heavy atom. The van der Waals surface area contributed by atoms with Gasteiger partial charge in [-0.1, -0.05) is 0 Å². The van der Waals surface area contributed by atoms with E-state index in [1.54, 1.807) is 10.9 Å². The van der Waals surface area contributed by atoms with Gasteiger partial charge >= 0.3 is 0 Å². The molecule has 2 rings (SSSR count). The highest BCUT2D eigenvalue weighted by Crippen LogP contribution is 2.19. The van der Waals surface area contributed by atoms with E-state index in [0.717, 1.165) is 5.56 Å². The van der Waals surface area contributed by atoms with Gasteiger partial charge in [0, 0.05) is 12.7 Å². The van der Waals surface area contributed by atoms with Crippen molar-refractivity contribution in [1.82, 2.24) is 14.8 Å². The lowest BCUT2D eigenvalue weighted by Gasteiger charge is -2.07. The summed E-state index contributed by atoms with van der Waals surface area (Å²) in [7, 11) is 0. The van der Waals surface area contributed by atoms with Crippen LogP contribution in [0.4, 0.5) is 17.3 Å². The van der Waals surface area contributed by atoms with Crippen molar-refractivity contribution in [3.63, 3.8) is 0 Å². The lowest BCUT2D eigenvalue weighted by atomic mass is 10.3. The van der Waals surface area contributed by atoms with E-state index in [0.29, 0.717) is 18.9 Å². The predicted octanol–water partition coefficient (Wildman–Crippen LogP) is 0.892. The number of pyridine rings is 1. The summed E-state index contributed by atoms with van der Waals surface area (Å²) in [5, 5.41) is 17.9. The highest BCUT2D eigenvalue weighted by Gasteiger charge is 2.10. The first-order chi connectivity index (χ1) is 9.58. The maximum atomic E-state index is 10.8. The molecule has 2 aromatic rings. The third kappa shape index (κ3) is 3.42. The van der Waals surface area contributed by atoms with Gasteiger partial charge in [0.1, 0.15) is 11.6 Å². The summed E-state index contributed by atoms with van der Waals surface area (Å²) in [5.41, 5.74) is 3.30. The van der Waals surface area contributed by atoms with Gasteiger partial charge in [-0.2, -0.15) is 5.10 Å². The van der Waals surface area contributed by atoms with E-state index in [9.17, 15) is 10.1 Å². The van der Waals surface area contributed by atoms with Crippen LogP contribution < -0.4 is 16.6 Å². The number of nitrogens with two attached hydrogens (primary N) is 1. The molecule has 2 aromatic heterocycles. The van der Waals surface area contributed by atoms with Gasteiger partial charge in [-0.25, -0.2) is 10.8 Å². The van der Waals surface area contributed by atoms with Gasteiger partial charge in [-0.05, 0) is 12.5 Å². The van der Waals surface area contributed by atoms with Gasteiger partial charge in [-0.3, -0.25) is 14.8 Å². The highest BCUT2D eigenvalue weighted by atomic mass is 16.6. The number of hydrogen-bond acceptors (Lipinski definition) is 7. The van der Waals surface area contributed by atoms with Crippen molar-refractivity contribution in [3.8, 4) is 0 Å². The van der Waals surface area contributed by atoms with E-state index in [4.69, 9.17) is 5.84 Å². The normalized spacial score (nSPS) is 10.3. The third-order valence-electron chi connectivity index (χ3n) is 2.58. The van der Waals surface area contributed by atoms with Crippen molar-refractivity contribution in [3.05, 3.63) is 40.2 Å². The van der Waals surface area contributed by atoms with Crippen LogP contribution in [0.5, 0.6) is 0 Å². The van der Waals surface area contributed by atoms with Crippen LogP contribution in [-0.4, -0.2) is 26.2 Å². The van der Waals surface area contributed by atoms with E-state index in [2.05, 4.69) is 20.8 Å². The Labute approximate surface area is 114 Å². The molecule has 0 atom stereocenters. The van der Waals surface area contributed by atoms with Crippen molar-refractivity contribution in [2.24, 2.45) is 5.84 Å². The summed E-state index contributed by atoms with van der Waals surface area (Å²) in [4.78, 5) is 14.4. The number of nitro groups is 1. The Balaban J connectivity index is 2.01. The fourth-order valence-electron chi connectivity index (χ4n) is 1.67. The van der Waals surface area contributed by atoms with Crippen molar-refractivity contribution >= 4 is 17.3 Å². The zero-order valence-electron chi connectivity index (χ0n) is 10.9. The molecule has 0 aromatic carbocycles. The molecule has 106 valence electrons. The molecule has 0 aliphatic rings. The molecule has 0 saturated heterocycles. The summed E-state index contributed by atoms with van der Waals surface area (Å²) in [6, 6.07) is 2.62. The zero-order valence-corrected chi connectivity index (χ0v) is 10.9. The molecule has 0 spiro atoms. The van der Waals surface area contributed by atoms with Gasteiger partial charge in [0.25, 0.3) is 5.69 Å². The summed E-state index contributed by atoms with van der Waals surface area (Å²) >= 11 is 0. The number of nitrogen functional groups attached to an aromatic ring is 1. The molecule has 9 heteroatoms. The highest BCUT2D eigenvalue weighted by molar-refractivity contribution is 5.54. The van der Waals surface area contributed by atoms with Crippen LogP contribution in [-0.2, 0) is 6.54 Å². The van der Waals surface area contributed by atoms with Gasteiger partial charge in [0.05, 0.1) is 29.8 Å². The summed E-state index contributed by atoms with van der Waals surface area (Å²) in [5.74, 6) is 5.85. The topological polar surface area (TPSA) is 124 Å². The molecule has 4 N–H and O–H groups in total. The van der Waals surface area contributed by atoms with Gasteiger partial charge in [0.2, 0.25) is 0 Å². The lowest BCUT2D eigenvalue weighted by Crippen LogP contribution is -2.14. The van der Waals surface area contributed by atoms with Crippen molar-refractivity contribution < 1.29 is 4.92 Å². The van der Waals surface area contributed by atoms with Crippen molar-refractivity contribution in [2.75, 3.05) is 17.3 Å². The van der Waals surface area contributed by atoms with E-state index < -0.39 is 4.92 Å². The van der Waals surface area contributed by atoms with Crippen molar-refractivity contribution in [1.29, 1.82) is 0 Å². The average molecular weight is 277 g/mol. The smallest absolute Gasteiger partial charge is 0.276 e. The number of anilines is 2. The SMILES string of the molecule is Cc1cnn(CCNc2cc([N+](=O)[O-])cc(NN)n2)c1. The minimum absolute atomic E-state index is 0.0783. The monoisotopic (exact) mass is 277 g/mol. The van der Waals surface area contributed by atoms with Crippen LogP contribution in [0.15, 0.2) is 24.5 Å². The molecule has 0 unspecified atom stereocenters. The van der Waals surface area contributed by atoms with E-state index in [1.165, 1.54) is 12.1 Å². The second-order valence-corrected chi connectivity index (χ2v) is 4.20. The Bertz CT molecular complexity index is 611. The number of hydrazine groups is 1. The number of hydrogen-bond donors (Lipinski definition) is 3. The lowest BCUT2D eigenvalue weighted by molar-refractivity contribution is -0.384. The van der Waals surface area contributed by atoms with Gasteiger partial charge < -0.3 is 10.7 Å². The van der Waals surface area contributed by atoms with E-state index in [1.807, 2.05) is 13.1 Å². The van der Waals surface area contributed by atoms with Crippen LogP contribution in [0, 0.1) is 17.0 Å². The van der Waals surface area contributed by atoms with Crippen LogP contribution in [0.25, 0.3) is 0 Å². The first-order valence-corrected chi connectivity index (χ1v) is 5.94. The predicted molar refractivity (Wildman–Crippen MR) is 74.2 cm³/mol.